The summed E-state index contributed by atoms with van der Waals surface area (Å²) in [6.07, 6.45) is 1.04. The average molecular weight is 474 g/mol. The van der Waals surface area contributed by atoms with Gasteiger partial charge in [-0.25, -0.2) is 13.1 Å². The van der Waals surface area contributed by atoms with E-state index in [-0.39, 0.29) is 29.7 Å². The van der Waals surface area contributed by atoms with Gasteiger partial charge in [0.05, 0.1) is 5.75 Å². The zero-order valence-corrected chi connectivity index (χ0v) is 17.8. The van der Waals surface area contributed by atoms with Crippen LogP contribution in [0.1, 0.15) is 18.7 Å². The van der Waals surface area contributed by atoms with Crippen molar-refractivity contribution >= 4 is 51.3 Å². The quantitative estimate of drug-likeness (QED) is 0.220. The Morgan fingerprint density at radius 1 is 1.35 bits per heavy atom. The van der Waals surface area contributed by atoms with Crippen molar-refractivity contribution < 1.29 is 8.42 Å². The molecule has 0 fully saturated rings. The minimum Gasteiger partial charge on any atom is -0.356 e. The van der Waals surface area contributed by atoms with Gasteiger partial charge in [0, 0.05) is 31.6 Å². The van der Waals surface area contributed by atoms with Gasteiger partial charge in [0.25, 0.3) is 0 Å². The highest BCUT2D eigenvalue weighted by molar-refractivity contribution is 14.0. The van der Waals surface area contributed by atoms with Crippen LogP contribution in [0.5, 0.6) is 0 Å². The largest absolute Gasteiger partial charge is 0.356 e. The van der Waals surface area contributed by atoms with Crippen molar-refractivity contribution in [1.29, 1.82) is 0 Å². The second kappa shape index (κ2) is 12.0. The molecule has 1 unspecified atom stereocenters. The summed E-state index contributed by atoms with van der Waals surface area (Å²) in [5.74, 6) is 1.28. The molecule has 0 saturated heterocycles. The number of nitrogens with zero attached hydrogens (tertiary/aromatic N) is 1. The van der Waals surface area contributed by atoms with E-state index >= 15 is 0 Å². The molecule has 1 aromatic rings. The minimum absolute atomic E-state index is 0. The van der Waals surface area contributed by atoms with Crippen molar-refractivity contribution in [2.75, 3.05) is 32.4 Å². The molecule has 0 saturated carbocycles. The lowest BCUT2D eigenvalue weighted by atomic mass is 10.1. The van der Waals surface area contributed by atoms with Crippen LogP contribution in [0.3, 0.4) is 0 Å². The van der Waals surface area contributed by atoms with Gasteiger partial charge in [0.1, 0.15) is 0 Å². The number of hydrogen-bond donors (Lipinski definition) is 3. The molecule has 1 aromatic heterocycles. The molecule has 134 valence electrons. The normalized spacial score (nSPS) is 13.3. The summed E-state index contributed by atoms with van der Waals surface area (Å²) in [4.78, 5) is 5.51. The summed E-state index contributed by atoms with van der Waals surface area (Å²) in [5.41, 5.74) is 0. The summed E-state index contributed by atoms with van der Waals surface area (Å²) >= 11 is 1.77. The van der Waals surface area contributed by atoms with Gasteiger partial charge < -0.3 is 10.6 Å². The van der Waals surface area contributed by atoms with Gasteiger partial charge in [-0.15, -0.1) is 35.3 Å². The Bertz CT molecular complexity index is 547. The number of sulfonamides is 1. The summed E-state index contributed by atoms with van der Waals surface area (Å²) in [7, 11) is -1.42. The number of hydrogen-bond acceptors (Lipinski definition) is 4. The van der Waals surface area contributed by atoms with Crippen LogP contribution in [0.25, 0.3) is 0 Å². The van der Waals surface area contributed by atoms with E-state index in [9.17, 15) is 8.42 Å². The lowest BCUT2D eigenvalue weighted by Gasteiger charge is -2.15. The Balaban J connectivity index is 0.00000484. The molecule has 1 heterocycles. The maximum atomic E-state index is 11.3. The van der Waals surface area contributed by atoms with E-state index in [0.717, 1.165) is 13.0 Å². The van der Waals surface area contributed by atoms with E-state index in [2.05, 4.69) is 44.8 Å². The van der Waals surface area contributed by atoms with Crippen molar-refractivity contribution in [3.63, 3.8) is 0 Å². The molecule has 0 bridgehead atoms. The molecule has 0 aliphatic carbocycles. The number of rotatable bonds is 9. The van der Waals surface area contributed by atoms with Crippen molar-refractivity contribution in [2.24, 2.45) is 10.9 Å². The molecule has 1 rings (SSSR count). The first-order valence-corrected chi connectivity index (χ1v) is 9.94. The second-order valence-corrected chi connectivity index (χ2v) is 8.19. The predicted molar refractivity (Wildman–Crippen MR) is 109 cm³/mol. The van der Waals surface area contributed by atoms with Crippen molar-refractivity contribution in [3.05, 3.63) is 22.4 Å². The van der Waals surface area contributed by atoms with E-state index in [0.29, 0.717) is 25.0 Å². The Labute approximate surface area is 160 Å². The van der Waals surface area contributed by atoms with E-state index in [1.165, 1.54) is 4.88 Å². The third-order valence-electron chi connectivity index (χ3n) is 3.09. The Kier molecular flexibility index (Phi) is 11.8. The van der Waals surface area contributed by atoms with E-state index in [1.807, 2.05) is 0 Å². The summed E-state index contributed by atoms with van der Waals surface area (Å²) in [5, 5.41) is 8.45. The van der Waals surface area contributed by atoms with Crippen LogP contribution in [0.2, 0.25) is 0 Å². The molecule has 3 N–H and O–H groups in total. The average Bonchev–Trinajstić information content (AvgIpc) is 2.99. The van der Waals surface area contributed by atoms with Gasteiger partial charge in [-0.2, -0.15) is 0 Å². The molecule has 23 heavy (non-hydrogen) atoms. The topological polar surface area (TPSA) is 82.6 Å². The van der Waals surface area contributed by atoms with Gasteiger partial charge in [0.2, 0.25) is 10.0 Å². The molecular weight excluding hydrogens is 447 g/mol. The Morgan fingerprint density at radius 3 is 2.65 bits per heavy atom. The Morgan fingerprint density at radius 2 is 2.09 bits per heavy atom. The molecule has 0 aromatic carbocycles. The lowest BCUT2D eigenvalue weighted by Crippen LogP contribution is -2.43. The molecular formula is C14H27IN4O2S2. The number of guanidine groups is 1. The van der Waals surface area contributed by atoms with Crippen LogP contribution < -0.4 is 15.4 Å². The number of halogens is 1. The molecule has 9 heteroatoms. The zero-order valence-electron chi connectivity index (χ0n) is 13.8. The first kappa shape index (κ1) is 22.6. The van der Waals surface area contributed by atoms with Gasteiger partial charge in [-0.1, -0.05) is 13.0 Å². The second-order valence-electron chi connectivity index (χ2n) is 5.07. The summed E-state index contributed by atoms with van der Waals surface area (Å²) in [6.45, 7) is 5.47. The van der Waals surface area contributed by atoms with Gasteiger partial charge in [-0.05, 0) is 30.7 Å². The van der Waals surface area contributed by atoms with Crippen LogP contribution >= 0.6 is 35.3 Å². The van der Waals surface area contributed by atoms with Gasteiger partial charge >= 0.3 is 0 Å². The standard InChI is InChI=1S/C14H26N4O2S2.HI/c1-4-22(19,20)18-8-7-16-14(15-3)17-11-12(2)10-13-6-5-9-21-13;/h5-6,9,12,18H,4,7-8,10-11H2,1-3H3,(H2,15,16,17);1H. The molecule has 0 amide bonds. The molecule has 6 nitrogen and oxygen atoms in total. The van der Waals surface area contributed by atoms with Gasteiger partial charge in [-0.3, -0.25) is 4.99 Å². The van der Waals surface area contributed by atoms with Gasteiger partial charge in [0.15, 0.2) is 5.96 Å². The monoisotopic (exact) mass is 474 g/mol. The van der Waals surface area contributed by atoms with E-state index in [4.69, 9.17) is 0 Å². The predicted octanol–water partition coefficient (Wildman–Crippen LogP) is 1.65. The van der Waals surface area contributed by atoms with Crippen molar-refractivity contribution in [2.45, 2.75) is 20.3 Å². The maximum Gasteiger partial charge on any atom is 0.211 e. The fraction of sp³-hybridized carbons (Fsp3) is 0.643. The van der Waals surface area contributed by atoms with Crippen LogP contribution in [0.4, 0.5) is 0 Å². The maximum absolute atomic E-state index is 11.3. The number of nitrogens with one attached hydrogen (secondary N) is 3. The van der Waals surface area contributed by atoms with Crippen LogP contribution in [-0.2, 0) is 16.4 Å². The molecule has 0 radical (unpaired) electrons. The fourth-order valence-electron chi connectivity index (χ4n) is 1.83. The highest BCUT2D eigenvalue weighted by Gasteiger charge is 2.07. The molecule has 0 aliphatic rings. The highest BCUT2D eigenvalue weighted by Crippen LogP contribution is 2.13. The SMILES string of the molecule is CCS(=O)(=O)NCCNC(=NC)NCC(C)Cc1cccs1.I. The third-order valence-corrected chi connectivity index (χ3v) is 5.39. The van der Waals surface area contributed by atoms with Crippen molar-refractivity contribution in [1.82, 2.24) is 15.4 Å². The number of thiophene rings is 1. The van der Waals surface area contributed by atoms with E-state index < -0.39 is 10.0 Å². The Hall–Kier alpha value is -0.390. The minimum atomic E-state index is -3.13. The van der Waals surface area contributed by atoms with Crippen molar-refractivity contribution in [3.8, 4) is 0 Å². The zero-order chi connectivity index (χ0) is 16.4. The van der Waals surface area contributed by atoms with Crippen LogP contribution in [0, 0.1) is 5.92 Å². The molecule has 0 spiro atoms. The summed E-state index contributed by atoms with van der Waals surface area (Å²) in [6, 6.07) is 4.21. The lowest BCUT2D eigenvalue weighted by molar-refractivity contribution is 0.561. The number of aliphatic imine (C=N–C) groups is 1. The molecule has 1 atom stereocenters. The van der Waals surface area contributed by atoms with E-state index in [1.54, 1.807) is 25.3 Å². The highest BCUT2D eigenvalue weighted by atomic mass is 127. The first-order valence-electron chi connectivity index (χ1n) is 7.41. The summed E-state index contributed by atoms with van der Waals surface area (Å²) < 4.78 is 25.1. The van der Waals surface area contributed by atoms with Crippen LogP contribution in [-0.4, -0.2) is 46.8 Å². The fourth-order valence-corrected chi connectivity index (χ4v) is 3.31. The first-order chi connectivity index (χ1) is 10.5. The van der Waals surface area contributed by atoms with Crippen LogP contribution in [0.15, 0.2) is 22.5 Å². The third kappa shape index (κ3) is 10.2. The molecule has 0 aliphatic heterocycles. The smallest absolute Gasteiger partial charge is 0.211 e.